The zero-order valence-electron chi connectivity index (χ0n) is 17.8. The Hall–Kier alpha value is -2.58. The highest BCUT2D eigenvalue weighted by Crippen LogP contribution is 2.31. The van der Waals surface area contributed by atoms with E-state index in [2.05, 4.69) is 9.88 Å². The van der Waals surface area contributed by atoms with E-state index >= 15 is 0 Å². The third kappa shape index (κ3) is 5.07. The molecule has 4 rings (SSSR count). The van der Waals surface area contributed by atoms with Gasteiger partial charge in [0.15, 0.2) is 0 Å². The van der Waals surface area contributed by atoms with E-state index in [1.54, 1.807) is 16.7 Å². The molecule has 1 aliphatic heterocycles. The summed E-state index contributed by atoms with van der Waals surface area (Å²) in [5.74, 6) is 0.770. The number of halogens is 4. The second-order valence-corrected chi connectivity index (χ2v) is 7.73. The van der Waals surface area contributed by atoms with Crippen LogP contribution in [0.2, 0.25) is 0 Å². The van der Waals surface area contributed by atoms with E-state index in [0.717, 1.165) is 30.5 Å². The van der Waals surface area contributed by atoms with Crippen molar-refractivity contribution in [3.63, 3.8) is 0 Å². The molecule has 0 atom stereocenters. The summed E-state index contributed by atoms with van der Waals surface area (Å²) in [6.07, 6.45) is -3.67. The Kier molecular flexibility index (Phi) is 7.46. The Morgan fingerprint density at radius 1 is 0.969 bits per heavy atom. The summed E-state index contributed by atoms with van der Waals surface area (Å²) in [5.41, 5.74) is 0.667. The molecule has 0 spiro atoms. The summed E-state index contributed by atoms with van der Waals surface area (Å²) in [6.45, 7) is 5.98. The van der Waals surface area contributed by atoms with Crippen LogP contribution in [0.1, 0.15) is 18.3 Å². The van der Waals surface area contributed by atoms with Crippen molar-refractivity contribution in [1.29, 1.82) is 0 Å². The van der Waals surface area contributed by atoms with E-state index < -0.39 is 11.7 Å². The molecule has 0 saturated carbocycles. The summed E-state index contributed by atoms with van der Waals surface area (Å²) in [6, 6.07) is 12.9. The SMILES string of the molecule is CCc1nc2ccccc2c(=O)n1CCN1CCN(c2cccc(C(F)(F)F)c2)CC1.Cl. The molecule has 1 fully saturated rings. The van der Waals surface area contributed by atoms with Crippen LogP contribution in [0, 0.1) is 0 Å². The predicted octanol–water partition coefficient (Wildman–Crippen LogP) is 4.22. The first-order valence-corrected chi connectivity index (χ1v) is 10.5. The minimum atomic E-state index is -4.34. The number of benzene rings is 2. The van der Waals surface area contributed by atoms with Crippen LogP contribution >= 0.6 is 12.4 Å². The average Bonchev–Trinajstić information content (AvgIpc) is 2.78. The number of nitrogens with zero attached hydrogens (tertiary/aromatic N) is 4. The number of hydrogen-bond acceptors (Lipinski definition) is 4. The number of rotatable bonds is 5. The molecular formula is C23H26ClF3N4O. The molecule has 0 bridgehead atoms. The molecule has 9 heteroatoms. The van der Waals surface area contributed by atoms with E-state index in [-0.39, 0.29) is 18.0 Å². The summed E-state index contributed by atoms with van der Waals surface area (Å²) in [4.78, 5) is 21.8. The van der Waals surface area contributed by atoms with Crippen molar-refractivity contribution in [2.45, 2.75) is 26.1 Å². The van der Waals surface area contributed by atoms with Gasteiger partial charge in [-0.3, -0.25) is 14.3 Å². The molecule has 2 heterocycles. The Balaban J connectivity index is 0.00000289. The number of fused-ring (bicyclic) bond motifs is 1. The number of aryl methyl sites for hydroxylation is 1. The van der Waals surface area contributed by atoms with E-state index in [0.29, 0.717) is 43.7 Å². The van der Waals surface area contributed by atoms with E-state index in [1.807, 2.05) is 30.0 Å². The molecule has 32 heavy (non-hydrogen) atoms. The lowest BCUT2D eigenvalue weighted by Gasteiger charge is -2.36. The maximum Gasteiger partial charge on any atom is 0.416 e. The maximum absolute atomic E-state index is 13.0. The Bertz CT molecular complexity index is 1120. The highest BCUT2D eigenvalue weighted by Gasteiger charge is 2.31. The normalized spacial score (nSPS) is 15.1. The summed E-state index contributed by atoms with van der Waals surface area (Å²) < 4.78 is 40.7. The van der Waals surface area contributed by atoms with Crippen molar-refractivity contribution in [2.24, 2.45) is 0 Å². The number of piperazine rings is 1. The number of hydrogen-bond donors (Lipinski definition) is 0. The fourth-order valence-corrected chi connectivity index (χ4v) is 4.06. The van der Waals surface area contributed by atoms with Gasteiger partial charge < -0.3 is 4.90 Å². The molecule has 0 radical (unpaired) electrons. The molecule has 1 saturated heterocycles. The second kappa shape index (κ2) is 9.92. The van der Waals surface area contributed by atoms with Gasteiger partial charge in [0, 0.05) is 51.4 Å². The lowest BCUT2D eigenvalue weighted by Crippen LogP contribution is -2.47. The first-order chi connectivity index (χ1) is 14.9. The van der Waals surface area contributed by atoms with Crippen molar-refractivity contribution in [1.82, 2.24) is 14.5 Å². The van der Waals surface area contributed by atoms with Gasteiger partial charge in [-0.2, -0.15) is 13.2 Å². The lowest BCUT2D eigenvalue weighted by molar-refractivity contribution is -0.137. The molecule has 0 unspecified atom stereocenters. The first-order valence-electron chi connectivity index (χ1n) is 10.5. The van der Waals surface area contributed by atoms with Crippen LogP contribution in [0.25, 0.3) is 10.9 Å². The zero-order valence-corrected chi connectivity index (χ0v) is 18.6. The highest BCUT2D eigenvalue weighted by atomic mass is 35.5. The average molecular weight is 467 g/mol. The summed E-state index contributed by atoms with van der Waals surface area (Å²) in [5, 5.41) is 0.620. The minimum Gasteiger partial charge on any atom is -0.369 e. The quantitative estimate of drug-likeness (QED) is 0.564. The van der Waals surface area contributed by atoms with Crippen molar-refractivity contribution in [3.05, 3.63) is 70.3 Å². The molecule has 5 nitrogen and oxygen atoms in total. The van der Waals surface area contributed by atoms with Crippen molar-refractivity contribution in [3.8, 4) is 0 Å². The van der Waals surface area contributed by atoms with Gasteiger partial charge in [0.05, 0.1) is 16.5 Å². The minimum absolute atomic E-state index is 0. The van der Waals surface area contributed by atoms with Gasteiger partial charge in [-0.25, -0.2) is 4.98 Å². The van der Waals surface area contributed by atoms with Gasteiger partial charge >= 0.3 is 6.18 Å². The van der Waals surface area contributed by atoms with Crippen LogP contribution in [0.3, 0.4) is 0 Å². The Morgan fingerprint density at radius 3 is 2.38 bits per heavy atom. The molecule has 1 aromatic heterocycles. The number of aromatic nitrogens is 2. The van der Waals surface area contributed by atoms with Crippen LogP contribution in [-0.4, -0.2) is 47.2 Å². The Labute approximate surface area is 190 Å². The van der Waals surface area contributed by atoms with Crippen molar-refractivity contribution < 1.29 is 13.2 Å². The fraction of sp³-hybridized carbons (Fsp3) is 0.391. The molecular weight excluding hydrogens is 441 g/mol. The Morgan fingerprint density at radius 2 is 1.69 bits per heavy atom. The number of anilines is 1. The molecule has 3 aromatic rings. The molecule has 2 aromatic carbocycles. The van der Waals surface area contributed by atoms with E-state index in [4.69, 9.17) is 0 Å². The van der Waals surface area contributed by atoms with Crippen LogP contribution in [-0.2, 0) is 19.1 Å². The summed E-state index contributed by atoms with van der Waals surface area (Å²) in [7, 11) is 0. The van der Waals surface area contributed by atoms with Crippen LogP contribution in [0.15, 0.2) is 53.3 Å². The van der Waals surface area contributed by atoms with Crippen LogP contribution in [0.4, 0.5) is 18.9 Å². The second-order valence-electron chi connectivity index (χ2n) is 7.73. The molecule has 0 aliphatic carbocycles. The molecule has 1 aliphatic rings. The molecule has 0 N–H and O–H groups in total. The third-order valence-corrected chi connectivity index (χ3v) is 5.81. The van der Waals surface area contributed by atoms with E-state index in [1.165, 1.54) is 12.1 Å². The van der Waals surface area contributed by atoms with Gasteiger partial charge in [-0.1, -0.05) is 25.1 Å². The number of alkyl halides is 3. The van der Waals surface area contributed by atoms with Crippen molar-refractivity contribution in [2.75, 3.05) is 37.6 Å². The van der Waals surface area contributed by atoms with Crippen LogP contribution < -0.4 is 10.5 Å². The standard InChI is InChI=1S/C23H25F3N4O.ClH/c1-2-21-27-20-9-4-3-8-19(20)22(31)30(21)15-12-28-10-13-29(14-11-28)18-7-5-6-17(16-18)23(24,25)26;/h3-9,16H,2,10-15H2,1H3;1H. The largest absolute Gasteiger partial charge is 0.416 e. The smallest absolute Gasteiger partial charge is 0.369 e. The lowest BCUT2D eigenvalue weighted by atomic mass is 10.1. The van der Waals surface area contributed by atoms with E-state index in [9.17, 15) is 18.0 Å². The van der Waals surface area contributed by atoms with Gasteiger partial charge in [-0.05, 0) is 30.3 Å². The zero-order chi connectivity index (χ0) is 22.0. The van der Waals surface area contributed by atoms with Gasteiger partial charge in [0.2, 0.25) is 0 Å². The van der Waals surface area contributed by atoms with Gasteiger partial charge in [0.25, 0.3) is 5.56 Å². The number of para-hydroxylation sites is 1. The van der Waals surface area contributed by atoms with Crippen LogP contribution in [0.5, 0.6) is 0 Å². The topological polar surface area (TPSA) is 41.4 Å². The fourth-order valence-electron chi connectivity index (χ4n) is 4.06. The monoisotopic (exact) mass is 466 g/mol. The van der Waals surface area contributed by atoms with Gasteiger partial charge in [0.1, 0.15) is 5.82 Å². The third-order valence-electron chi connectivity index (χ3n) is 5.81. The predicted molar refractivity (Wildman–Crippen MR) is 123 cm³/mol. The highest BCUT2D eigenvalue weighted by molar-refractivity contribution is 5.85. The summed E-state index contributed by atoms with van der Waals surface area (Å²) >= 11 is 0. The molecule has 0 amide bonds. The van der Waals surface area contributed by atoms with Gasteiger partial charge in [-0.15, -0.1) is 12.4 Å². The molecule has 172 valence electrons. The van der Waals surface area contributed by atoms with Crippen molar-refractivity contribution >= 4 is 29.0 Å². The first kappa shape index (κ1) is 24.1. The maximum atomic E-state index is 13.0.